The SMILES string of the molecule is CC(=O)O[C@@H]1C/C=C(\C)C(=O)C[C@H]2[C@](C)(C/C=C/1C)CC[C@]2(O)C(C)C. The minimum atomic E-state index is -0.810. The summed E-state index contributed by atoms with van der Waals surface area (Å²) in [6, 6.07) is 0. The van der Waals surface area contributed by atoms with Gasteiger partial charge in [-0.1, -0.05) is 32.9 Å². The summed E-state index contributed by atoms with van der Waals surface area (Å²) in [7, 11) is 0. The fraction of sp³-hybridized carbons (Fsp3) is 0.727. The molecule has 2 rings (SSSR count). The maximum absolute atomic E-state index is 12.8. The van der Waals surface area contributed by atoms with Gasteiger partial charge in [0.05, 0.1) is 5.60 Å². The molecule has 0 radical (unpaired) electrons. The standard InChI is InChI=1S/C22H34O4/c1-14(2)22(25)12-11-21(6)10-9-16(4)19(26-17(5)23)8-7-15(3)18(24)13-20(21)22/h7,9,14,19-20,25H,8,10-13H2,1-6H3/b15-7+,16-9+/t19-,20+,21-,22+/m1/s1. The molecule has 146 valence electrons. The van der Waals surface area contributed by atoms with Crippen LogP contribution in [0.1, 0.15) is 73.6 Å². The summed E-state index contributed by atoms with van der Waals surface area (Å²) in [5, 5.41) is 11.4. The minimum Gasteiger partial charge on any atom is -0.458 e. The highest BCUT2D eigenvalue weighted by atomic mass is 16.5. The number of ketones is 1. The molecule has 1 N–H and O–H groups in total. The van der Waals surface area contributed by atoms with E-state index in [-0.39, 0.29) is 35.1 Å². The van der Waals surface area contributed by atoms with Gasteiger partial charge < -0.3 is 9.84 Å². The molecule has 0 bridgehead atoms. The smallest absolute Gasteiger partial charge is 0.303 e. The van der Waals surface area contributed by atoms with Crippen molar-refractivity contribution in [2.45, 2.75) is 85.4 Å². The Kier molecular flexibility index (Phi) is 6.17. The number of rotatable bonds is 2. The van der Waals surface area contributed by atoms with Gasteiger partial charge >= 0.3 is 5.97 Å². The van der Waals surface area contributed by atoms with E-state index in [2.05, 4.69) is 13.0 Å². The van der Waals surface area contributed by atoms with Crippen molar-refractivity contribution in [3.63, 3.8) is 0 Å². The van der Waals surface area contributed by atoms with Crippen molar-refractivity contribution >= 4 is 11.8 Å². The third kappa shape index (κ3) is 4.11. The van der Waals surface area contributed by atoms with Crippen LogP contribution >= 0.6 is 0 Å². The van der Waals surface area contributed by atoms with Crippen molar-refractivity contribution in [2.75, 3.05) is 0 Å². The molecule has 4 nitrogen and oxygen atoms in total. The Labute approximate surface area is 157 Å². The Morgan fingerprint density at radius 2 is 1.92 bits per heavy atom. The number of aliphatic hydroxyl groups is 1. The van der Waals surface area contributed by atoms with Gasteiger partial charge in [-0.25, -0.2) is 0 Å². The Bertz CT molecular complexity index is 630. The van der Waals surface area contributed by atoms with Gasteiger partial charge in [-0.2, -0.15) is 0 Å². The number of carbonyl (C=O) groups excluding carboxylic acids is 2. The normalized spacial score (nSPS) is 40.1. The highest BCUT2D eigenvalue weighted by Crippen LogP contribution is 2.56. The van der Waals surface area contributed by atoms with Gasteiger partial charge in [0.25, 0.3) is 0 Å². The number of fused-ring (bicyclic) bond motifs is 1. The fourth-order valence-electron chi connectivity index (χ4n) is 4.59. The van der Waals surface area contributed by atoms with Crippen molar-refractivity contribution < 1.29 is 19.4 Å². The first kappa shape index (κ1) is 20.9. The Hall–Kier alpha value is -1.42. The van der Waals surface area contributed by atoms with Gasteiger partial charge in [-0.15, -0.1) is 0 Å². The van der Waals surface area contributed by atoms with Crippen molar-refractivity contribution in [3.8, 4) is 0 Å². The number of ether oxygens (including phenoxy) is 1. The first-order chi connectivity index (χ1) is 12.0. The zero-order chi connectivity index (χ0) is 19.7. The molecule has 1 saturated carbocycles. The molecule has 0 aromatic carbocycles. The van der Waals surface area contributed by atoms with Gasteiger partial charge in [0, 0.05) is 25.7 Å². The number of hydrogen-bond acceptors (Lipinski definition) is 4. The van der Waals surface area contributed by atoms with Crippen LogP contribution in [-0.2, 0) is 14.3 Å². The molecule has 4 heteroatoms. The minimum absolute atomic E-state index is 0.0693. The van der Waals surface area contributed by atoms with E-state index < -0.39 is 5.60 Å². The quantitative estimate of drug-likeness (QED) is 0.585. The van der Waals surface area contributed by atoms with Crippen molar-refractivity contribution in [1.82, 2.24) is 0 Å². The van der Waals surface area contributed by atoms with Gasteiger partial charge in [0.1, 0.15) is 6.10 Å². The molecule has 2 aliphatic carbocycles. The lowest BCUT2D eigenvalue weighted by Crippen LogP contribution is -2.44. The molecule has 0 heterocycles. The second-order valence-electron chi connectivity index (χ2n) is 8.85. The van der Waals surface area contributed by atoms with Crippen LogP contribution < -0.4 is 0 Å². The van der Waals surface area contributed by atoms with Gasteiger partial charge in [-0.3, -0.25) is 9.59 Å². The molecule has 0 aromatic heterocycles. The Balaban J connectivity index is 2.45. The lowest BCUT2D eigenvalue weighted by Gasteiger charge is -2.40. The third-order valence-corrected chi connectivity index (χ3v) is 6.71. The number of carbonyl (C=O) groups is 2. The second kappa shape index (κ2) is 7.67. The van der Waals surface area contributed by atoms with E-state index in [4.69, 9.17) is 4.74 Å². The topological polar surface area (TPSA) is 63.6 Å². The molecule has 0 aromatic rings. The van der Waals surface area contributed by atoms with Crippen molar-refractivity contribution in [1.29, 1.82) is 0 Å². The van der Waals surface area contributed by atoms with Crippen LogP contribution in [0.3, 0.4) is 0 Å². The number of allylic oxidation sites excluding steroid dienone is 2. The molecule has 1 fully saturated rings. The predicted octanol–water partition coefficient (Wildman–Crippen LogP) is 4.37. The molecule has 0 aliphatic heterocycles. The monoisotopic (exact) mass is 362 g/mol. The summed E-state index contributed by atoms with van der Waals surface area (Å²) in [5.74, 6) is -0.187. The van der Waals surface area contributed by atoms with E-state index in [1.807, 2.05) is 33.8 Å². The van der Waals surface area contributed by atoms with Crippen molar-refractivity contribution in [2.24, 2.45) is 17.3 Å². The molecule has 0 amide bonds. The molecular weight excluding hydrogens is 328 g/mol. The molecular formula is C22H34O4. The van der Waals surface area contributed by atoms with Crippen LogP contribution in [0.25, 0.3) is 0 Å². The number of esters is 1. The first-order valence-electron chi connectivity index (χ1n) is 9.76. The average Bonchev–Trinajstić information content (AvgIpc) is 2.81. The highest BCUT2D eigenvalue weighted by molar-refractivity contribution is 5.95. The lowest BCUT2D eigenvalue weighted by atomic mass is 9.67. The maximum Gasteiger partial charge on any atom is 0.303 e. The average molecular weight is 363 g/mol. The van der Waals surface area contributed by atoms with E-state index in [9.17, 15) is 14.7 Å². The summed E-state index contributed by atoms with van der Waals surface area (Å²) in [4.78, 5) is 24.3. The summed E-state index contributed by atoms with van der Waals surface area (Å²) in [5.41, 5.74) is 0.757. The first-order valence-corrected chi connectivity index (χ1v) is 9.76. The zero-order valence-electron chi connectivity index (χ0n) is 17.1. The molecule has 26 heavy (non-hydrogen) atoms. The molecule has 0 saturated heterocycles. The Morgan fingerprint density at radius 1 is 1.27 bits per heavy atom. The summed E-state index contributed by atoms with van der Waals surface area (Å²) in [6.07, 6.45) is 6.97. The second-order valence-corrected chi connectivity index (χ2v) is 8.85. The van der Waals surface area contributed by atoms with E-state index in [1.165, 1.54) is 6.92 Å². The fourth-order valence-corrected chi connectivity index (χ4v) is 4.59. The molecule has 0 spiro atoms. The van der Waals surface area contributed by atoms with Crippen LogP contribution in [-0.4, -0.2) is 28.6 Å². The predicted molar refractivity (Wildman–Crippen MR) is 103 cm³/mol. The molecule has 0 unspecified atom stereocenters. The van der Waals surface area contributed by atoms with Crippen molar-refractivity contribution in [3.05, 3.63) is 23.3 Å². The van der Waals surface area contributed by atoms with E-state index in [1.54, 1.807) is 0 Å². The van der Waals surface area contributed by atoms with Gasteiger partial charge in [0.15, 0.2) is 5.78 Å². The summed E-state index contributed by atoms with van der Waals surface area (Å²) in [6.45, 7) is 11.5. The van der Waals surface area contributed by atoms with Crippen LogP contribution in [0.15, 0.2) is 23.3 Å². The van der Waals surface area contributed by atoms with Crippen LogP contribution in [0.4, 0.5) is 0 Å². The zero-order valence-corrected chi connectivity index (χ0v) is 17.1. The summed E-state index contributed by atoms with van der Waals surface area (Å²) >= 11 is 0. The third-order valence-electron chi connectivity index (χ3n) is 6.71. The van der Waals surface area contributed by atoms with Gasteiger partial charge in [-0.05, 0) is 55.6 Å². The number of Topliss-reactive ketones (excluding diaryl/α,β-unsaturated/α-hetero) is 1. The lowest BCUT2D eigenvalue weighted by molar-refractivity contribution is -0.144. The number of hydrogen-bond donors (Lipinski definition) is 1. The van der Waals surface area contributed by atoms with E-state index in [0.717, 1.165) is 24.8 Å². The van der Waals surface area contributed by atoms with Crippen LogP contribution in [0.2, 0.25) is 0 Å². The summed E-state index contributed by atoms with van der Waals surface area (Å²) < 4.78 is 5.47. The van der Waals surface area contributed by atoms with Gasteiger partial charge in [0.2, 0.25) is 0 Å². The molecule has 4 atom stereocenters. The largest absolute Gasteiger partial charge is 0.458 e. The van der Waals surface area contributed by atoms with E-state index >= 15 is 0 Å². The van der Waals surface area contributed by atoms with Crippen LogP contribution in [0, 0.1) is 17.3 Å². The Morgan fingerprint density at radius 3 is 2.50 bits per heavy atom. The molecule has 2 aliphatic rings. The highest BCUT2D eigenvalue weighted by Gasteiger charge is 2.55. The van der Waals surface area contributed by atoms with E-state index in [0.29, 0.717) is 18.4 Å². The maximum atomic E-state index is 12.8. The van der Waals surface area contributed by atoms with Crippen LogP contribution in [0.5, 0.6) is 0 Å².